The molecule has 18 heavy (non-hydrogen) atoms. The van der Waals surface area contributed by atoms with Gasteiger partial charge in [-0.05, 0) is 11.6 Å². The standard InChI is InChI=1S/C14H11N3O/c18-14-8-10(5-6-15-14)7-13-12-4-2-1-3-11(12)9-16-17-13/h1-6,8-9H,7H2,(H,15,18). The van der Waals surface area contributed by atoms with Crippen LogP contribution in [0.1, 0.15) is 11.3 Å². The summed E-state index contributed by atoms with van der Waals surface area (Å²) in [5.41, 5.74) is 1.73. The molecule has 0 bridgehead atoms. The van der Waals surface area contributed by atoms with Gasteiger partial charge in [0.25, 0.3) is 0 Å². The molecular weight excluding hydrogens is 226 g/mol. The van der Waals surface area contributed by atoms with Crippen molar-refractivity contribution < 1.29 is 0 Å². The highest BCUT2D eigenvalue weighted by Gasteiger charge is 2.04. The summed E-state index contributed by atoms with van der Waals surface area (Å²) in [6.45, 7) is 0. The van der Waals surface area contributed by atoms with E-state index in [4.69, 9.17) is 0 Å². The van der Waals surface area contributed by atoms with Gasteiger partial charge >= 0.3 is 0 Å². The van der Waals surface area contributed by atoms with Crippen molar-refractivity contribution in [1.29, 1.82) is 0 Å². The van der Waals surface area contributed by atoms with Gasteiger partial charge in [0.2, 0.25) is 5.56 Å². The van der Waals surface area contributed by atoms with Crippen molar-refractivity contribution in [2.75, 3.05) is 0 Å². The van der Waals surface area contributed by atoms with Crippen LogP contribution in [0.3, 0.4) is 0 Å². The van der Waals surface area contributed by atoms with Gasteiger partial charge in [0.1, 0.15) is 0 Å². The Kier molecular flexibility index (Phi) is 2.61. The first-order valence-corrected chi connectivity index (χ1v) is 5.70. The number of hydrogen-bond acceptors (Lipinski definition) is 3. The summed E-state index contributed by atoms with van der Waals surface area (Å²) in [5, 5.41) is 10.3. The molecular formula is C14H11N3O. The molecule has 88 valence electrons. The molecule has 2 aromatic heterocycles. The zero-order valence-electron chi connectivity index (χ0n) is 9.63. The second kappa shape index (κ2) is 4.41. The van der Waals surface area contributed by atoms with Crippen LogP contribution in [-0.2, 0) is 6.42 Å². The average molecular weight is 237 g/mol. The molecule has 0 aliphatic rings. The molecule has 0 aliphatic carbocycles. The van der Waals surface area contributed by atoms with Gasteiger partial charge in [-0.15, -0.1) is 0 Å². The maximum atomic E-state index is 11.3. The van der Waals surface area contributed by atoms with Gasteiger partial charge < -0.3 is 4.98 Å². The van der Waals surface area contributed by atoms with E-state index in [0.717, 1.165) is 22.0 Å². The molecule has 3 aromatic rings. The molecule has 1 N–H and O–H groups in total. The van der Waals surface area contributed by atoms with Crippen molar-refractivity contribution in [3.8, 4) is 0 Å². The molecule has 0 amide bonds. The minimum atomic E-state index is -0.0966. The van der Waals surface area contributed by atoms with Gasteiger partial charge in [-0.25, -0.2) is 0 Å². The van der Waals surface area contributed by atoms with E-state index in [-0.39, 0.29) is 5.56 Å². The minimum absolute atomic E-state index is 0.0966. The highest BCUT2D eigenvalue weighted by Crippen LogP contribution is 2.17. The fraction of sp³-hybridized carbons (Fsp3) is 0.0714. The van der Waals surface area contributed by atoms with Crippen LogP contribution >= 0.6 is 0 Å². The number of pyridine rings is 1. The summed E-state index contributed by atoms with van der Waals surface area (Å²) in [6.07, 6.45) is 4.01. The molecule has 0 aliphatic heterocycles. The molecule has 3 rings (SSSR count). The third-order valence-corrected chi connectivity index (χ3v) is 2.86. The number of nitrogens with zero attached hydrogens (tertiary/aromatic N) is 2. The monoisotopic (exact) mass is 237 g/mol. The van der Waals surface area contributed by atoms with Crippen molar-refractivity contribution >= 4 is 10.8 Å². The van der Waals surface area contributed by atoms with Crippen molar-refractivity contribution in [2.45, 2.75) is 6.42 Å². The van der Waals surface area contributed by atoms with E-state index < -0.39 is 0 Å². The number of aromatic amines is 1. The van der Waals surface area contributed by atoms with E-state index in [0.29, 0.717) is 6.42 Å². The van der Waals surface area contributed by atoms with Crippen LogP contribution in [0.25, 0.3) is 10.8 Å². The maximum Gasteiger partial charge on any atom is 0.248 e. The zero-order chi connectivity index (χ0) is 12.4. The van der Waals surface area contributed by atoms with E-state index in [1.54, 1.807) is 18.5 Å². The third-order valence-electron chi connectivity index (χ3n) is 2.86. The predicted octanol–water partition coefficient (Wildman–Crippen LogP) is 1.91. The highest BCUT2D eigenvalue weighted by atomic mass is 16.1. The first-order chi connectivity index (χ1) is 8.83. The molecule has 0 saturated carbocycles. The van der Waals surface area contributed by atoms with E-state index >= 15 is 0 Å². The topological polar surface area (TPSA) is 58.6 Å². The van der Waals surface area contributed by atoms with E-state index in [1.807, 2.05) is 30.3 Å². The fourth-order valence-electron chi connectivity index (χ4n) is 2.01. The van der Waals surface area contributed by atoms with Crippen molar-refractivity contribution in [2.24, 2.45) is 0 Å². The van der Waals surface area contributed by atoms with E-state index in [1.165, 1.54) is 0 Å². The molecule has 0 saturated heterocycles. The number of benzene rings is 1. The van der Waals surface area contributed by atoms with Crippen molar-refractivity contribution in [3.05, 3.63) is 70.4 Å². The van der Waals surface area contributed by atoms with E-state index in [9.17, 15) is 4.79 Å². The molecule has 0 atom stereocenters. The second-order valence-electron chi connectivity index (χ2n) is 4.12. The molecule has 4 nitrogen and oxygen atoms in total. The summed E-state index contributed by atoms with van der Waals surface area (Å²) in [7, 11) is 0. The normalized spacial score (nSPS) is 10.7. The lowest BCUT2D eigenvalue weighted by Gasteiger charge is -2.04. The average Bonchev–Trinajstić information content (AvgIpc) is 2.39. The van der Waals surface area contributed by atoms with Crippen LogP contribution in [0.4, 0.5) is 0 Å². The van der Waals surface area contributed by atoms with Crippen LogP contribution in [0.5, 0.6) is 0 Å². The molecule has 0 radical (unpaired) electrons. The SMILES string of the molecule is O=c1cc(Cc2nncc3ccccc23)cc[nH]1. The van der Waals surface area contributed by atoms with Gasteiger partial charge in [-0.1, -0.05) is 24.3 Å². The largest absolute Gasteiger partial charge is 0.329 e. The first kappa shape index (κ1) is 10.7. The van der Waals surface area contributed by atoms with Crippen molar-refractivity contribution in [3.63, 3.8) is 0 Å². The Labute approximate surface area is 103 Å². The Morgan fingerprint density at radius 1 is 1.17 bits per heavy atom. The Hall–Kier alpha value is -2.49. The van der Waals surface area contributed by atoms with Gasteiger partial charge in [0.15, 0.2) is 0 Å². The van der Waals surface area contributed by atoms with Crippen LogP contribution in [-0.4, -0.2) is 15.2 Å². The Bertz CT molecular complexity index is 744. The summed E-state index contributed by atoms with van der Waals surface area (Å²) in [4.78, 5) is 13.9. The quantitative estimate of drug-likeness (QED) is 0.740. The maximum absolute atomic E-state index is 11.3. The van der Waals surface area contributed by atoms with Crippen LogP contribution in [0.15, 0.2) is 53.6 Å². The number of H-pyrrole nitrogens is 1. The zero-order valence-corrected chi connectivity index (χ0v) is 9.63. The smallest absolute Gasteiger partial charge is 0.248 e. The number of hydrogen-bond donors (Lipinski definition) is 1. The first-order valence-electron chi connectivity index (χ1n) is 5.70. The summed E-state index contributed by atoms with van der Waals surface area (Å²) in [5.74, 6) is 0. The lowest BCUT2D eigenvalue weighted by atomic mass is 10.1. The Morgan fingerprint density at radius 3 is 2.94 bits per heavy atom. The lowest BCUT2D eigenvalue weighted by molar-refractivity contribution is 0.954. The van der Waals surface area contributed by atoms with Crippen LogP contribution < -0.4 is 5.56 Å². The number of rotatable bonds is 2. The van der Waals surface area contributed by atoms with Gasteiger partial charge in [0.05, 0.1) is 11.9 Å². The molecule has 0 spiro atoms. The molecule has 1 aromatic carbocycles. The Balaban J connectivity index is 2.07. The second-order valence-corrected chi connectivity index (χ2v) is 4.12. The summed E-state index contributed by atoms with van der Waals surface area (Å²) < 4.78 is 0. The third kappa shape index (κ3) is 2.00. The van der Waals surface area contributed by atoms with Gasteiger partial charge in [-0.3, -0.25) is 4.79 Å². The molecule has 0 fully saturated rings. The molecule has 4 heteroatoms. The van der Waals surface area contributed by atoms with Crippen LogP contribution in [0.2, 0.25) is 0 Å². The number of aromatic nitrogens is 3. The predicted molar refractivity (Wildman–Crippen MR) is 69.4 cm³/mol. The summed E-state index contributed by atoms with van der Waals surface area (Å²) in [6, 6.07) is 11.4. The van der Waals surface area contributed by atoms with E-state index in [2.05, 4.69) is 15.2 Å². The van der Waals surface area contributed by atoms with Crippen LogP contribution in [0, 0.1) is 0 Å². The van der Waals surface area contributed by atoms with Gasteiger partial charge in [0, 0.05) is 29.5 Å². The number of fused-ring (bicyclic) bond motifs is 1. The molecule has 0 unspecified atom stereocenters. The summed E-state index contributed by atoms with van der Waals surface area (Å²) >= 11 is 0. The van der Waals surface area contributed by atoms with Gasteiger partial charge in [-0.2, -0.15) is 10.2 Å². The highest BCUT2D eigenvalue weighted by molar-refractivity contribution is 5.83. The minimum Gasteiger partial charge on any atom is -0.329 e. The van der Waals surface area contributed by atoms with Crippen molar-refractivity contribution in [1.82, 2.24) is 15.2 Å². The Morgan fingerprint density at radius 2 is 2.06 bits per heavy atom. The fourth-order valence-corrected chi connectivity index (χ4v) is 2.01. The molecule has 2 heterocycles. The number of nitrogens with one attached hydrogen (secondary N) is 1. The lowest BCUT2D eigenvalue weighted by Crippen LogP contribution is -2.05.